The van der Waals surface area contributed by atoms with Crippen LogP contribution in [0.3, 0.4) is 0 Å². The summed E-state index contributed by atoms with van der Waals surface area (Å²) in [6.07, 6.45) is 0.632. The van der Waals surface area contributed by atoms with Gasteiger partial charge in [0, 0.05) is 0 Å². The van der Waals surface area contributed by atoms with Gasteiger partial charge in [0.05, 0.1) is 23.7 Å². The average Bonchev–Trinajstić information content (AvgIpc) is 3.15. The standard InChI is InChI=1S/C18H19N5O2S/c1-3-16(17(24)19-14-11-7-8-12-15(14)25-2)26-18-20-21-22-23(18)13-9-5-4-6-10-13/h4-12,16H,3H2,1-2H3,(H,19,24). The number of aromatic nitrogens is 4. The molecule has 0 aliphatic carbocycles. The van der Waals surface area contributed by atoms with Crippen molar-refractivity contribution < 1.29 is 9.53 Å². The Labute approximate surface area is 155 Å². The number of thioether (sulfide) groups is 1. The summed E-state index contributed by atoms with van der Waals surface area (Å²) < 4.78 is 6.91. The first kappa shape index (κ1) is 17.9. The monoisotopic (exact) mass is 369 g/mol. The Balaban J connectivity index is 1.76. The van der Waals surface area contributed by atoms with E-state index in [1.54, 1.807) is 17.9 Å². The Bertz CT molecular complexity index is 869. The first-order valence-corrected chi connectivity index (χ1v) is 9.05. The number of carbonyl (C=O) groups is 1. The predicted octanol–water partition coefficient (Wildman–Crippen LogP) is 3.18. The van der Waals surface area contributed by atoms with Crippen LogP contribution in [-0.2, 0) is 4.79 Å². The number of benzene rings is 2. The van der Waals surface area contributed by atoms with Gasteiger partial charge >= 0.3 is 0 Å². The molecule has 8 heteroatoms. The fraction of sp³-hybridized carbons (Fsp3) is 0.222. The van der Waals surface area contributed by atoms with Crippen LogP contribution in [0.15, 0.2) is 59.8 Å². The molecule has 1 N–H and O–H groups in total. The molecule has 134 valence electrons. The fourth-order valence-electron chi connectivity index (χ4n) is 2.39. The van der Waals surface area contributed by atoms with Crippen molar-refractivity contribution in [2.24, 2.45) is 0 Å². The number of amides is 1. The van der Waals surface area contributed by atoms with E-state index in [0.29, 0.717) is 23.0 Å². The summed E-state index contributed by atoms with van der Waals surface area (Å²) in [6, 6.07) is 16.9. The van der Waals surface area contributed by atoms with E-state index in [-0.39, 0.29) is 11.2 Å². The van der Waals surface area contributed by atoms with Crippen LogP contribution in [0.4, 0.5) is 5.69 Å². The number of para-hydroxylation sites is 3. The van der Waals surface area contributed by atoms with Crippen molar-refractivity contribution in [3.05, 3.63) is 54.6 Å². The van der Waals surface area contributed by atoms with Gasteiger partial charge in [0.15, 0.2) is 0 Å². The first-order valence-electron chi connectivity index (χ1n) is 8.17. The zero-order chi connectivity index (χ0) is 18.4. The van der Waals surface area contributed by atoms with Crippen molar-refractivity contribution in [3.8, 4) is 11.4 Å². The Morgan fingerprint density at radius 3 is 2.65 bits per heavy atom. The van der Waals surface area contributed by atoms with E-state index < -0.39 is 0 Å². The van der Waals surface area contributed by atoms with Crippen LogP contribution in [0, 0.1) is 0 Å². The lowest BCUT2D eigenvalue weighted by molar-refractivity contribution is -0.115. The molecule has 1 heterocycles. The molecule has 0 saturated carbocycles. The summed E-state index contributed by atoms with van der Waals surface area (Å²) in [5, 5.41) is 15.0. The maximum Gasteiger partial charge on any atom is 0.238 e. The van der Waals surface area contributed by atoms with E-state index in [2.05, 4.69) is 20.8 Å². The van der Waals surface area contributed by atoms with E-state index in [1.165, 1.54) is 11.8 Å². The molecule has 0 radical (unpaired) electrons. The number of carbonyl (C=O) groups excluding carboxylic acids is 1. The van der Waals surface area contributed by atoms with E-state index >= 15 is 0 Å². The van der Waals surface area contributed by atoms with Gasteiger partial charge in [-0.25, -0.2) is 0 Å². The van der Waals surface area contributed by atoms with E-state index in [0.717, 1.165) is 5.69 Å². The van der Waals surface area contributed by atoms with Crippen molar-refractivity contribution in [3.63, 3.8) is 0 Å². The molecule has 26 heavy (non-hydrogen) atoms. The van der Waals surface area contributed by atoms with Gasteiger partial charge in [0.25, 0.3) is 0 Å². The normalized spacial score (nSPS) is 11.8. The lowest BCUT2D eigenvalue weighted by Gasteiger charge is -2.15. The third-order valence-corrected chi connectivity index (χ3v) is 5.01. The Kier molecular flexibility index (Phi) is 5.85. The maximum atomic E-state index is 12.7. The van der Waals surface area contributed by atoms with Crippen molar-refractivity contribution in [1.29, 1.82) is 0 Å². The van der Waals surface area contributed by atoms with Crippen LogP contribution >= 0.6 is 11.8 Å². The first-order chi connectivity index (χ1) is 12.7. The number of tetrazole rings is 1. The molecular formula is C18H19N5O2S. The number of nitrogens with zero attached hydrogens (tertiary/aromatic N) is 4. The zero-order valence-corrected chi connectivity index (χ0v) is 15.3. The highest BCUT2D eigenvalue weighted by molar-refractivity contribution is 8.00. The van der Waals surface area contributed by atoms with Crippen LogP contribution in [0.1, 0.15) is 13.3 Å². The average molecular weight is 369 g/mol. The number of ether oxygens (including phenoxy) is 1. The number of rotatable bonds is 7. The predicted molar refractivity (Wildman–Crippen MR) is 101 cm³/mol. The Morgan fingerprint density at radius 2 is 1.92 bits per heavy atom. The second-order valence-corrected chi connectivity index (χ2v) is 6.58. The highest BCUT2D eigenvalue weighted by atomic mass is 32.2. The summed E-state index contributed by atoms with van der Waals surface area (Å²) in [4.78, 5) is 12.7. The van der Waals surface area contributed by atoms with Crippen LogP contribution in [0.5, 0.6) is 5.75 Å². The Morgan fingerprint density at radius 1 is 1.19 bits per heavy atom. The van der Waals surface area contributed by atoms with Crippen LogP contribution in [-0.4, -0.2) is 38.5 Å². The van der Waals surface area contributed by atoms with Gasteiger partial charge in [-0.1, -0.05) is 49.0 Å². The fourth-order valence-corrected chi connectivity index (χ4v) is 3.31. The summed E-state index contributed by atoms with van der Waals surface area (Å²) in [7, 11) is 1.57. The van der Waals surface area contributed by atoms with Gasteiger partial charge in [-0.2, -0.15) is 4.68 Å². The van der Waals surface area contributed by atoms with Gasteiger partial charge < -0.3 is 10.1 Å². The molecule has 0 aliphatic rings. The minimum absolute atomic E-state index is 0.121. The van der Waals surface area contributed by atoms with Crippen LogP contribution in [0.25, 0.3) is 5.69 Å². The molecule has 1 amide bonds. The van der Waals surface area contributed by atoms with Gasteiger partial charge in [0.2, 0.25) is 11.1 Å². The highest BCUT2D eigenvalue weighted by Gasteiger charge is 2.22. The third kappa shape index (κ3) is 4.02. The molecule has 1 unspecified atom stereocenters. The minimum atomic E-state index is -0.339. The number of hydrogen-bond acceptors (Lipinski definition) is 6. The summed E-state index contributed by atoms with van der Waals surface area (Å²) in [6.45, 7) is 1.95. The number of nitrogens with one attached hydrogen (secondary N) is 1. The van der Waals surface area contributed by atoms with Crippen molar-refractivity contribution in [1.82, 2.24) is 20.2 Å². The minimum Gasteiger partial charge on any atom is -0.495 e. The molecule has 0 bridgehead atoms. The van der Waals surface area contributed by atoms with Crippen LogP contribution < -0.4 is 10.1 Å². The van der Waals surface area contributed by atoms with E-state index in [9.17, 15) is 4.79 Å². The topological polar surface area (TPSA) is 81.9 Å². The molecule has 0 spiro atoms. The second-order valence-electron chi connectivity index (χ2n) is 5.41. The summed E-state index contributed by atoms with van der Waals surface area (Å²) >= 11 is 1.33. The number of anilines is 1. The molecule has 3 aromatic rings. The quantitative estimate of drug-likeness (QED) is 0.644. The maximum absolute atomic E-state index is 12.7. The lowest BCUT2D eigenvalue weighted by atomic mass is 10.2. The smallest absolute Gasteiger partial charge is 0.238 e. The summed E-state index contributed by atoms with van der Waals surface area (Å²) in [5.74, 6) is 0.499. The largest absolute Gasteiger partial charge is 0.495 e. The van der Waals surface area contributed by atoms with Gasteiger partial charge in [0.1, 0.15) is 5.75 Å². The highest BCUT2D eigenvalue weighted by Crippen LogP contribution is 2.28. The van der Waals surface area contributed by atoms with Crippen molar-refractivity contribution in [2.45, 2.75) is 23.8 Å². The number of hydrogen-bond donors (Lipinski definition) is 1. The third-order valence-electron chi connectivity index (χ3n) is 3.72. The molecular weight excluding hydrogens is 350 g/mol. The van der Waals surface area contributed by atoms with Crippen molar-refractivity contribution >= 4 is 23.4 Å². The van der Waals surface area contributed by atoms with Crippen molar-refractivity contribution in [2.75, 3.05) is 12.4 Å². The van der Waals surface area contributed by atoms with Gasteiger partial charge in [-0.15, -0.1) is 5.10 Å². The second kappa shape index (κ2) is 8.48. The summed E-state index contributed by atoms with van der Waals surface area (Å²) in [5.41, 5.74) is 1.49. The molecule has 7 nitrogen and oxygen atoms in total. The van der Waals surface area contributed by atoms with Gasteiger partial charge in [-0.3, -0.25) is 4.79 Å². The zero-order valence-electron chi connectivity index (χ0n) is 14.5. The molecule has 0 saturated heterocycles. The Hall–Kier alpha value is -2.87. The molecule has 0 fully saturated rings. The molecule has 1 atom stereocenters. The van der Waals surface area contributed by atoms with E-state index in [1.807, 2.05) is 55.5 Å². The van der Waals surface area contributed by atoms with Crippen LogP contribution in [0.2, 0.25) is 0 Å². The molecule has 3 rings (SSSR count). The lowest BCUT2D eigenvalue weighted by Crippen LogP contribution is -2.25. The number of methoxy groups -OCH3 is 1. The van der Waals surface area contributed by atoms with Gasteiger partial charge in [-0.05, 0) is 41.1 Å². The molecule has 1 aromatic heterocycles. The molecule has 0 aliphatic heterocycles. The molecule has 2 aromatic carbocycles. The van der Waals surface area contributed by atoms with E-state index in [4.69, 9.17) is 4.74 Å². The SMILES string of the molecule is CCC(Sc1nnnn1-c1ccccc1)C(=O)Nc1ccccc1OC.